The van der Waals surface area contributed by atoms with E-state index >= 15 is 0 Å². The fourth-order valence-electron chi connectivity index (χ4n) is 0.700. The minimum atomic E-state index is 0.543. The van der Waals surface area contributed by atoms with E-state index in [4.69, 9.17) is 17.3 Å². The standard InChI is InChI=1S/C6H9ClN2S/c1-9-5(2-7)4-10-6(9)3-8/h3-4H,2,8H2,1H3. The van der Waals surface area contributed by atoms with E-state index in [1.807, 2.05) is 17.4 Å². The van der Waals surface area contributed by atoms with Crippen LogP contribution in [0.25, 0.3) is 0 Å². The van der Waals surface area contributed by atoms with Crippen molar-refractivity contribution < 1.29 is 0 Å². The van der Waals surface area contributed by atoms with E-state index in [0.29, 0.717) is 5.88 Å². The molecule has 0 saturated carbocycles. The topological polar surface area (TPSA) is 29.3 Å². The normalized spacial score (nSPS) is 22.0. The number of rotatable bonds is 1. The van der Waals surface area contributed by atoms with Crippen molar-refractivity contribution in [3.8, 4) is 0 Å². The van der Waals surface area contributed by atoms with Gasteiger partial charge in [-0.1, -0.05) is 11.8 Å². The second-order valence-corrected chi connectivity index (χ2v) is 3.08. The Hall–Kier alpha value is -0.280. The molecule has 2 nitrogen and oxygen atoms in total. The zero-order valence-electron chi connectivity index (χ0n) is 5.67. The van der Waals surface area contributed by atoms with Gasteiger partial charge in [0.2, 0.25) is 0 Å². The van der Waals surface area contributed by atoms with Crippen LogP contribution in [0.5, 0.6) is 0 Å². The number of allylic oxidation sites excluding steroid dienone is 1. The number of hydrogen-bond donors (Lipinski definition) is 1. The molecule has 4 heteroatoms. The van der Waals surface area contributed by atoms with Gasteiger partial charge in [-0.15, -0.1) is 11.6 Å². The second-order valence-electron chi connectivity index (χ2n) is 1.92. The van der Waals surface area contributed by atoms with Crippen LogP contribution in [0.2, 0.25) is 0 Å². The molecule has 0 spiro atoms. The summed E-state index contributed by atoms with van der Waals surface area (Å²) >= 11 is 7.23. The van der Waals surface area contributed by atoms with Gasteiger partial charge in [0.15, 0.2) is 0 Å². The number of nitrogens with two attached hydrogens (primary N) is 1. The highest BCUT2D eigenvalue weighted by molar-refractivity contribution is 8.06. The van der Waals surface area contributed by atoms with Crippen LogP contribution in [0, 0.1) is 0 Å². The van der Waals surface area contributed by atoms with Gasteiger partial charge in [-0.2, -0.15) is 0 Å². The minimum absolute atomic E-state index is 0.543. The van der Waals surface area contributed by atoms with Gasteiger partial charge in [0, 0.05) is 18.9 Å². The van der Waals surface area contributed by atoms with E-state index in [-0.39, 0.29) is 0 Å². The molecular formula is C6H9ClN2S. The summed E-state index contributed by atoms with van der Waals surface area (Å²) in [7, 11) is 1.95. The van der Waals surface area contributed by atoms with E-state index in [1.54, 1.807) is 18.0 Å². The van der Waals surface area contributed by atoms with Gasteiger partial charge in [-0.25, -0.2) is 0 Å². The first kappa shape index (κ1) is 7.82. The van der Waals surface area contributed by atoms with Crippen molar-refractivity contribution in [2.75, 3.05) is 12.9 Å². The molecule has 1 aliphatic heterocycles. The number of nitrogens with zero attached hydrogens (tertiary/aromatic N) is 1. The van der Waals surface area contributed by atoms with Gasteiger partial charge in [0.1, 0.15) is 0 Å². The van der Waals surface area contributed by atoms with Crippen molar-refractivity contribution in [1.82, 2.24) is 4.90 Å². The summed E-state index contributed by atoms with van der Waals surface area (Å²) in [6.07, 6.45) is 1.58. The lowest BCUT2D eigenvalue weighted by atomic mass is 10.5. The molecule has 0 saturated heterocycles. The lowest BCUT2D eigenvalue weighted by Gasteiger charge is -2.14. The van der Waals surface area contributed by atoms with Crippen LogP contribution in [0.4, 0.5) is 0 Å². The Morgan fingerprint density at radius 3 is 2.90 bits per heavy atom. The zero-order chi connectivity index (χ0) is 7.56. The maximum atomic E-state index is 5.63. The van der Waals surface area contributed by atoms with Gasteiger partial charge in [-0.3, -0.25) is 0 Å². The minimum Gasteiger partial charge on any atom is -0.402 e. The third kappa shape index (κ3) is 1.25. The molecule has 0 aromatic heterocycles. The average Bonchev–Trinajstić information content (AvgIpc) is 2.30. The molecule has 1 heterocycles. The zero-order valence-corrected chi connectivity index (χ0v) is 7.25. The van der Waals surface area contributed by atoms with E-state index < -0.39 is 0 Å². The fraction of sp³-hybridized carbons (Fsp3) is 0.333. The molecule has 2 N–H and O–H groups in total. The number of hydrogen-bond acceptors (Lipinski definition) is 3. The van der Waals surface area contributed by atoms with Crippen LogP contribution in [-0.4, -0.2) is 17.8 Å². The second kappa shape index (κ2) is 3.21. The highest BCUT2D eigenvalue weighted by Crippen LogP contribution is 2.32. The lowest BCUT2D eigenvalue weighted by molar-refractivity contribution is 0.567. The molecule has 0 aromatic carbocycles. The first-order valence-corrected chi connectivity index (χ1v) is 4.28. The van der Waals surface area contributed by atoms with E-state index in [0.717, 1.165) is 10.7 Å². The van der Waals surface area contributed by atoms with Crippen molar-refractivity contribution >= 4 is 23.4 Å². The number of halogens is 1. The molecule has 0 bridgehead atoms. The van der Waals surface area contributed by atoms with Crippen molar-refractivity contribution in [3.05, 3.63) is 22.3 Å². The predicted molar refractivity (Wildman–Crippen MR) is 46.4 cm³/mol. The van der Waals surface area contributed by atoms with Crippen molar-refractivity contribution in [2.24, 2.45) is 5.73 Å². The fourth-order valence-corrected chi connectivity index (χ4v) is 1.90. The van der Waals surface area contributed by atoms with E-state index in [1.165, 1.54) is 0 Å². The molecule has 0 aliphatic carbocycles. The predicted octanol–water partition coefficient (Wildman–Crippen LogP) is 1.50. The Kier molecular flexibility index (Phi) is 2.51. The summed E-state index contributed by atoms with van der Waals surface area (Å²) < 4.78 is 0. The monoisotopic (exact) mass is 176 g/mol. The largest absolute Gasteiger partial charge is 0.402 e. The van der Waals surface area contributed by atoms with Crippen LogP contribution in [0.1, 0.15) is 0 Å². The highest BCUT2D eigenvalue weighted by Gasteiger charge is 2.14. The third-order valence-corrected chi connectivity index (χ3v) is 2.67. The maximum absolute atomic E-state index is 5.63. The molecule has 1 rings (SSSR count). The van der Waals surface area contributed by atoms with Crippen LogP contribution in [0.15, 0.2) is 22.3 Å². The van der Waals surface area contributed by atoms with Crippen LogP contribution in [-0.2, 0) is 0 Å². The average molecular weight is 177 g/mol. The summed E-state index contributed by atoms with van der Waals surface area (Å²) in [6, 6.07) is 0. The van der Waals surface area contributed by atoms with E-state index in [9.17, 15) is 0 Å². The van der Waals surface area contributed by atoms with Crippen LogP contribution in [0.3, 0.4) is 0 Å². The summed E-state index contributed by atoms with van der Waals surface area (Å²) in [6.45, 7) is 0. The molecule has 56 valence electrons. The molecule has 10 heavy (non-hydrogen) atoms. The number of thioether (sulfide) groups is 1. The first-order valence-electron chi connectivity index (χ1n) is 2.87. The molecule has 0 aromatic rings. The van der Waals surface area contributed by atoms with Crippen LogP contribution >= 0.6 is 23.4 Å². The maximum Gasteiger partial charge on any atom is 0.0948 e. The highest BCUT2D eigenvalue weighted by atomic mass is 35.5. The summed E-state index contributed by atoms with van der Waals surface area (Å²) in [5, 5.41) is 3.04. The van der Waals surface area contributed by atoms with Gasteiger partial charge < -0.3 is 10.6 Å². The van der Waals surface area contributed by atoms with Crippen molar-refractivity contribution in [2.45, 2.75) is 0 Å². The molecule has 0 fully saturated rings. The number of alkyl halides is 1. The van der Waals surface area contributed by atoms with Gasteiger partial charge >= 0.3 is 0 Å². The molecule has 0 radical (unpaired) electrons. The Balaban J connectivity index is 2.69. The quantitative estimate of drug-likeness (QED) is 0.615. The SMILES string of the molecule is CN1C(CCl)=CSC1=CN. The molecule has 0 unspecified atom stereocenters. The Labute approximate surface area is 69.7 Å². The molecule has 1 aliphatic rings. The molecule has 0 amide bonds. The van der Waals surface area contributed by atoms with Gasteiger partial charge in [-0.05, 0) is 5.41 Å². The van der Waals surface area contributed by atoms with Crippen molar-refractivity contribution in [1.29, 1.82) is 0 Å². The Morgan fingerprint density at radius 2 is 2.60 bits per heavy atom. The van der Waals surface area contributed by atoms with Gasteiger partial charge in [0.05, 0.1) is 10.9 Å². The Bertz CT molecular complexity index is 188. The Morgan fingerprint density at radius 1 is 1.90 bits per heavy atom. The summed E-state index contributed by atoms with van der Waals surface area (Å²) in [5.41, 5.74) is 6.44. The summed E-state index contributed by atoms with van der Waals surface area (Å²) in [5.74, 6) is 0.543. The van der Waals surface area contributed by atoms with E-state index in [2.05, 4.69) is 0 Å². The third-order valence-electron chi connectivity index (χ3n) is 1.36. The first-order chi connectivity index (χ1) is 4.79. The smallest absolute Gasteiger partial charge is 0.0948 e. The summed E-state index contributed by atoms with van der Waals surface area (Å²) in [4.78, 5) is 1.98. The van der Waals surface area contributed by atoms with Gasteiger partial charge in [0.25, 0.3) is 0 Å². The molecule has 0 atom stereocenters. The van der Waals surface area contributed by atoms with Crippen LogP contribution < -0.4 is 5.73 Å². The lowest BCUT2D eigenvalue weighted by Crippen LogP contribution is -2.12. The van der Waals surface area contributed by atoms with Crippen molar-refractivity contribution in [3.63, 3.8) is 0 Å². The molecular weight excluding hydrogens is 168 g/mol.